The van der Waals surface area contributed by atoms with E-state index in [9.17, 15) is 0 Å². The summed E-state index contributed by atoms with van der Waals surface area (Å²) in [6, 6.07) is 8.42. The molecule has 0 aliphatic carbocycles. The van der Waals surface area contributed by atoms with Crippen molar-refractivity contribution in [2.75, 3.05) is 11.9 Å². The van der Waals surface area contributed by atoms with E-state index in [0.29, 0.717) is 4.17 Å². The van der Waals surface area contributed by atoms with Crippen molar-refractivity contribution in [1.82, 2.24) is 4.90 Å². The van der Waals surface area contributed by atoms with Gasteiger partial charge in [-0.2, -0.15) is 0 Å². The fraction of sp³-hybridized carbons (Fsp3) is 0.200. The maximum Gasteiger partial charge on any atom is 0.158 e. The molecule has 0 saturated carbocycles. The predicted octanol–water partition coefficient (Wildman–Crippen LogP) is 3.23. The Labute approximate surface area is 111 Å². The van der Waals surface area contributed by atoms with Crippen molar-refractivity contribution < 1.29 is 0 Å². The van der Waals surface area contributed by atoms with Gasteiger partial charge < -0.3 is 9.80 Å². The van der Waals surface area contributed by atoms with E-state index < -0.39 is 0 Å². The molecule has 0 radical (unpaired) electrons. The Hall–Kier alpha value is 0.0200. The van der Waals surface area contributed by atoms with Gasteiger partial charge in [0, 0.05) is 23.0 Å². The van der Waals surface area contributed by atoms with Gasteiger partial charge in [0.25, 0.3) is 0 Å². The lowest BCUT2D eigenvalue weighted by Gasteiger charge is -2.26. The highest BCUT2D eigenvalue weighted by Gasteiger charge is 2.22. The van der Waals surface area contributed by atoms with Crippen LogP contribution in [0.2, 0.25) is 0 Å². The predicted molar refractivity (Wildman–Crippen MR) is 76.3 cm³/mol. The minimum absolute atomic E-state index is 0.378. The lowest BCUT2D eigenvalue weighted by atomic mass is 10.3. The normalized spacial score (nSPS) is 20.6. The van der Waals surface area contributed by atoms with Crippen LogP contribution in [0.4, 0.5) is 5.69 Å². The van der Waals surface area contributed by atoms with E-state index in [2.05, 4.69) is 98.7 Å². The van der Waals surface area contributed by atoms with E-state index >= 15 is 0 Å². The Morgan fingerprint density at radius 2 is 1.93 bits per heavy atom. The Bertz CT molecular complexity index is 365. The molecule has 1 atom stereocenters. The molecule has 2 nitrogen and oxygen atoms in total. The summed E-state index contributed by atoms with van der Waals surface area (Å²) < 4.78 is 1.66. The summed E-state index contributed by atoms with van der Waals surface area (Å²) in [7, 11) is 2.09. The zero-order valence-electron chi connectivity index (χ0n) is 7.69. The van der Waals surface area contributed by atoms with Gasteiger partial charge in [-0.3, -0.25) is 0 Å². The number of nitrogens with zero attached hydrogens (tertiary/aromatic N) is 2. The van der Waals surface area contributed by atoms with Crippen LogP contribution in [0, 0.1) is 3.57 Å². The van der Waals surface area contributed by atoms with Gasteiger partial charge in [0.05, 0.1) is 5.69 Å². The Balaban J connectivity index is 2.33. The molecule has 0 N–H and O–H groups in total. The number of halogens is 2. The highest BCUT2D eigenvalue weighted by molar-refractivity contribution is 14.1. The molecule has 1 heterocycles. The van der Waals surface area contributed by atoms with Crippen molar-refractivity contribution >= 4 is 50.9 Å². The van der Waals surface area contributed by atoms with Crippen LogP contribution in [0.25, 0.3) is 0 Å². The average Bonchev–Trinajstić information content (AvgIpc) is 2.49. The van der Waals surface area contributed by atoms with Crippen LogP contribution in [-0.4, -0.2) is 16.1 Å². The first-order chi connectivity index (χ1) is 6.70. The molecule has 0 saturated heterocycles. The van der Waals surface area contributed by atoms with Gasteiger partial charge in [0.1, 0.15) is 0 Å². The molecule has 0 spiro atoms. The summed E-state index contributed by atoms with van der Waals surface area (Å²) >= 11 is 4.80. The molecule has 2 rings (SSSR count). The van der Waals surface area contributed by atoms with E-state index in [1.54, 1.807) is 0 Å². The Morgan fingerprint density at radius 3 is 2.50 bits per heavy atom. The van der Waals surface area contributed by atoms with Crippen molar-refractivity contribution in [3.8, 4) is 0 Å². The first kappa shape index (κ1) is 10.5. The van der Waals surface area contributed by atoms with Crippen molar-refractivity contribution in [2.24, 2.45) is 0 Å². The molecular formula is C10H10I2N2. The highest BCUT2D eigenvalue weighted by atomic mass is 127. The van der Waals surface area contributed by atoms with Crippen LogP contribution in [-0.2, 0) is 0 Å². The highest BCUT2D eigenvalue weighted by Crippen LogP contribution is 2.30. The Morgan fingerprint density at radius 1 is 1.21 bits per heavy atom. The molecule has 1 aromatic carbocycles. The molecule has 0 aromatic heterocycles. The largest absolute Gasteiger partial charge is 0.351 e. The maximum absolute atomic E-state index is 2.43. The summed E-state index contributed by atoms with van der Waals surface area (Å²) in [5.41, 5.74) is 1.27. The maximum atomic E-state index is 2.43. The second kappa shape index (κ2) is 4.26. The smallest absolute Gasteiger partial charge is 0.158 e. The molecular weight excluding hydrogens is 402 g/mol. The van der Waals surface area contributed by atoms with Gasteiger partial charge in [0.15, 0.2) is 4.17 Å². The molecule has 14 heavy (non-hydrogen) atoms. The number of anilines is 1. The summed E-state index contributed by atoms with van der Waals surface area (Å²) in [4.78, 5) is 4.45. The first-order valence-electron chi connectivity index (χ1n) is 4.27. The number of rotatable bonds is 1. The van der Waals surface area contributed by atoms with E-state index in [1.165, 1.54) is 9.26 Å². The van der Waals surface area contributed by atoms with Crippen LogP contribution in [0.5, 0.6) is 0 Å². The third-order valence-electron chi connectivity index (χ3n) is 2.16. The van der Waals surface area contributed by atoms with Crippen LogP contribution in [0.1, 0.15) is 0 Å². The van der Waals surface area contributed by atoms with Crippen molar-refractivity contribution in [3.05, 3.63) is 40.2 Å². The number of para-hydroxylation sites is 1. The lowest BCUT2D eigenvalue weighted by molar-refractivity contribution is 0.476. The minimum atomic E-state index is 0.378. The van der Waals surface area contributed by atoms with Crippen LogP contribution >= 0.6 is 45.2 Å². The molecule has 0 bridgehead atoms. The van der Waals surface area contributed by atoms with E-state index in [0.717, 1.165) is 0 Å². The number of alkyl halides is 1. The van der Waals surface area contributed by atoms with E-state index in [4.69, 9.17) is 0 Å². The number of hydrogen-bond donors (Lipinski definition) is 0. The van der Waals surface area contributed by atoms with Crippen LogP contribution < -0.4 is 4.90 Å². The van der Waals surface area contributed by atoms with Gasteiger partial charge in [-0.15, -0.1) is 0 Å². The van der Waals surface area contributed by atoms with Gasteiger partial charge in [0.2, 0.25) is 0 Å². The zero-order chi connectivity index (χ0) is 10.1. The Kier molecular flexibility index (Phi) is 3.20. The molecule has 1 aliphatic heterocycles. The average molecular weight is 412 g/mol. The first-order valence-corrected chi connectivity index (χ1v) is 6.60. The summed E-state index contributed by atoms with van der Waals surface area (Å²) in [6.07, 6.45) is 4.22. The second-order valence-corrected chi connectivity index (χ2v) is 5.41. The van der Waals surface area contributed by atoms with Crippen LogP contribution in [0.3, 0.4) is 0 Å². The minimum Gasteiger partial charge on any atom is -0.351 e. The molecule has 4 heteroatoms. The molecule has 1 unspecified atom stereocenters. The SMILES string of the molecule is CN1C=CN(c2ccccc2I)C1I. The van der Waals surface area contributed by atoms with Crippen molar-refractivity contribution in [3.63, 3.8) is 0 Å². The van der Waals surface area contributed by atoms with Gasteiger partial charge in [-0.05, 0) is 57.3 Å². The van der Waals surface area contributed by atoms with Crippen molar-refractivity contribution in [1.29, 1.82) is 0 Å². The molecule has 1 aromatic rings. The van der Waals surface area contributed by atoms with E-state index in [-0.39, 0.29) is 0 Å². The monoisotopic (exact) mass is 412 g/mol. The third kappa shape index (κ3) is 1.86. The second-order valence-electron chi connectivity index (χ2n) is 3.13. The van der Waals surface area contributed by atoms with E-state index in [1.807, 2.05) is 0 Å². The summed E-state index contributed by atoms with van der Waals surface area (Å²) in [5.74, 6) is 0. The fourth-order valence-corrected chi connectivity index (χ4v) is 2.71. The van der Waals surface area contributed by atoms with Gasteiger partial charge >= 0.3 is 0 Å². The van der Waals surface area contributed by atoms with Gasteiger partial charge in [-0.1, -0.05) is 12.1 Å². The van der Waals surface area contributed by atoms with Crippen molar-refractivity contribution in [2.45, 2.75) is 4.17 Å². The van der Waals surface area contributed by atoms with Crippen LogP contribution in [0.15, 0.2) is 36.7 Å². The standard InChI is InChI=1S/C10H10I2N2/c1-13-6-7-14(10(13)12)9-5-3-2-4-8(9)11/h2-7,10H,1H3. The molecule has 74 valence electrons. The topological polar surface area (TPSA) is 6.48 Å². The van der Waals surface area contributed by atoms with Gasteiger partial charge in [-0.25, -0.2) is 0 Å². The molecule has 0 amide bonds. The summed E-state index contributed by atoms with van der Waals surface area (Å²) in [5, 5.41) is 0. The third-order valence-corrected chi connectivity index (χ3v) is 4.55. The number of hydrogen-bond acceptors (Lipinski definition) is 2. The molecule has 0 fully saturated rings. The summed E-state index contributed by atoms with van der Waals surface area (Å²) in [6.45, 7) is 0. The number of benzene rings is 1. The quantitative estimate of drug-likeness (QED) is 0.397. The molecule has 1 aliphatic rings. The lowest BCUT2D eigenvalue weighted by Crippen LogP contribution is -2.30. The fourth-order valence-electron chi connectivity index (χ4n) is 1.37. The zero-order valence-corrected chi connectivity index (χ0v) is 12.0.